The minimum Gasteiger partial charge on any atom is -0.496 e. The van der Waals surface area contributed by atoms with E-state index in [0.29, 0.717) is 12.4 Å². The van der Waals surface area contributed by atoms with Crippen LogP contribution in [0.4, 0.5) is 0 Å². The van der Waals surface area contributed by atoms with Crippen molar-refractivity contribution in [3.8, 4) is 11.6 Å². The number of hydrogen-bond donors (Lipinski definition) is 2. The lowest BCUT2D eigenvalue weighted by molar-refractivity contribution is -0.154. The van der Waals surface area contributed by atoms with E-state index in [0.717, 1.165) is 54.5 Å². The van der Waals surface area contributed by atoms with Gasteiger partial charge in [-0.05, 0) is 48.9 Å². The van der Waals surface area contributed by atoms with Gasteiger partial charge in [-0.1, -0.05) is 52.2 Å². The number of methoxy groups -OCH3 is 2. The number of rotatable bonds is 8. The molecule has 8 heteroatoms. The number of likely N-dealkylation sites (tertiary alicyclic amines) is 1. The number of aryl methyl sites for hydroxylation is 1. The second-order valence-electron chi connectivity index (χ2n) is 12.0. The van der Waals surface area contributed by atoms with Crippen LogP contribution in [0.1, 0.15) is 75.6 Å². The van der Waals surface area contributed by atoms with Crippen molar-refractivity contribution >= 4 is 11.9 Å². The third kappa shape index (κ3) is 5.91. The summed E-state index contributed by atoms with van der Waals surface area (Å²) < 4.78 is 11.3. The van der Waals surface area contributed by atoms with Crippen molar-refractivity contribution in [1.82, 2.24) is 15.2 Å². The standard InChI is InChI=1S/C31H43N3O5/c1-19-14-15-21(23(17-19)38-5)18-33-25-24(31(2,3)4)27(30(36)37)34(29(35)20-11-8-7-9-12-20)26(25)22-13-10-16-32-28(22)39-6/h10,13-17,20,24-27,33H,7-9,11-12,18H2,1-6H3,(H,36,37)/t24-,25-,26-,27-/m0/s1. The molecule has 1 aromatic heterocycles. The summed E-state index contributed by atoms with van der Waals surface area (Å²) in [5.74, 6) is -0.444. The third-order valence-electron chi connectivity index (χ3n) is 8.41. The molecular weight excluding hydrogens is 494 g/mol. The summed E-state index contributed by atoms with van der Waals surface area (Å²) in [5.41, 5.74) is 2.36. The van der Waals surface area contributed by atoms with Crippen molar-refractivity contribution in [2.24, 2.45) is 17.3 Å². The Morgan fingerprint density at radius 2 is 1.82 bits per heavy atom. The second-order valence-corrected chi connectivity index (χ2v) is 12.0. The first-order chi connectivity index (χ1) is 18.6. The van der Waals surface area contributed by atoms with Gasteiger partial charge in [0.1, 0.15) is 11.8 Å². The highest BCUT2D eigenvalue weighted by Crippen LogP contribution is 2.50. The first-order valence-corrected chi connectivity index (χ1v) is 14.0. The number of benzene rings is 1. The third-order valence-corrected chi connectivity index (χ3v) is 8.41. The molecule has 1 aliphatic carbocycles. The van der Waals surface area contributed by atoms with Crippen LogP contribution in [0, 0.1) is 24.2 Å². The molecule has 2 aromatic rings. The van der Waals surface area contributed by atoms with Gasteiger partial charge in [0, 0.05) is 41.7 Å². The van der Waals surface area contributed by atoms with Gasteiger partial charge < -0.3 is 24.8 Å². The van der Waals surface area contributed by atoms with Gasteiger partial charge >= 0.3 is 5.97 Å². The molecule has 0 radical (unpaired) electrons. The molecule has 2 aliphatic rings. The quantitative estimate of drug-likeness (QED) is 0.481. The number of carbonyl (C=O) groups is 2. The summed E-state index contributed by atoms with van der Waals surface area (Å²) in [4.78, 5) is 33.4. The van der Waals surface area contributed by atoms with Gasteiger partial charge in [-0.15, -0.1) is 0 Å². The molecule has 1 saturated heterocycles. The molecule has 0 unspecified atom stereocenters. The summed E-state index contributed by atoms with van der Waals surface area (Å²) in [5, 5.41) is 14.4. The van der Waals surface area contributed by atoms with E-state index in [1.54, 1.807) is 25.3 Å². The largest absolute Gasteiger partial charge is 0.496 e. The van der Waals surface area contributed by atoms with Gasteiger partial charge in [0.15, 0.2) is 0 Å². The number of ether oxygens (including phenoxy) is 2. The Labute approximate surface area is 232 Å². The number of aliphatic carboxylic acids is 1. The van der Waals surface area contributed by atoms with Gasteiger partial charge in [-0.25, -0.2) is 9.78 Å². The zero-order chi connectivity index (χ0) is 28.3. The summed E-state index contributed by atoms with van der Waals surface area (Å²) in [6.45, 7) is 8.64. The monoisotopic (exact) mass is 537 g/mol. The molecule has 1 amide bonds. The van der Waals surface area contributed by atoms with Crippen LogP contribution < -0.4 is 14.8 Å². The molecule has 2 heterocycles. The van der Waals surface area contributed by atoms with Crippen LogP contribution in [0.5, 0.6) is 11.6 Å². The lowest BCUT2D eigenvalue weighted by Gasteiger charge is -2.36. The Hall–Kier alpha value is -3.13. The molecule has 1 saturated carbocycles. The van der Waals surface area contributed by atoms with Gasteiger partial charge in [0.05, 0.1) is 20.3 Å². The number of carbonyl (C=O) groups excluding carboxylic acids is 1. The van der Waals surface area contributed by atoms with Crippen LogP contribution in [0.15, 0.2) is 36.5 Å². The van der Waals surface area contributed by atoms with Crippen molar-refractivity contribution in [3.63, 3.8) is 0 Å². The molecule has 1 aromatic carbocycles. The number of amides is 1. The Balaban J connectivity index is 1.85. The molecule has 0 spiro atoms. The second kappa shape index (κ2) is 11.9. The van der Waals surface area contributed by atoms with Crippen LogP contribution in [0.2, 0.25) is 0 Å². The molecular formula is C31H43N3O5. The number of nitrogens with one attached hydrogen (secondary N) is 1. The number of carboxylic acids is 1. The maximum Gasteiger partial charge on any atom is 0.326 e. The predicted octanol–water partition coefficient (Wildman–Crippen LogP) is 5.14. The minimum absolute atomic E-state index is 0.0792. The van der Waals surface area contributed by atoms with Crippen molar-refractivity contribution < 1.29 is 24.2 Å². The predicted molar refractivity (Wildman–Crippen MR) is 150 cm³/mol. The number of pyridine rings is 1. The van der Waals surface area contributed by atoms with Crippen molar-refractivity contribution in [2.75, 3.05) is 14.2 Å². The Morgan fingerprint density at radius 3 is 2.44 bits per heavy atom. The number of hydrogen-bond acceptors (Lipinski definition) is 6. The highest BCUT2D eigenvalue weighted by molar-refractivity contribution is 5.87. The minimum atomic E-state index is -0.994. The van der Waals surface area contributed by atoms with Gasteiger partial charge in [0.2, 0.25) is 11.8 Å². The Bertz CT molecular complexity index is 1170. The maximum atomic E-state index is 14.3. The van der Waals surface area contributed by atoms with E-state index in [1.165, 1.54) is 0 Å². The van der Waals surface area contributed by atoms with Gasteiger partial charge in [0.25, 0.3) is 0 Å². The smallest absolute Gasteiger partial charge is 0.326 e. The average Bonchev–Trinajstić information content (AvgIpc) is 3.28. The first kappa shape index (κ1) is 28.9. The van der Waals surface area contributed by atoms with Crippen molar-refractivity contribution in [3.05, 3.63) is 53.2 Å². The van der Waals surface area contributed by atoms with Crippen molar-refractivity contribution in [2.45, 2.75) is 84.5 Å². The van der Waals surface area contributed by atoms with E-state index >= 15 is 0 Å². The lowest BCUT2D eigenvalue weighted by Crippen LogP contribution is -2.49. The molecule has 4 atom stereocenters. The van der Waals surface area contributed by atoms with E-state index in [4.69, 9.17) is 9.47 Å². The molecule has 1 aliphatic heterocycles. The Morgan fingerprint density at radius 1 is 1.10 bits per heavy atom. The van der Waals surface area contributed by atoms with Crippen LogP contribution in [-0.4, -0.2) is 53.2 Å². The summed E-state index contributed by atoms with van der Waals surface area (Å²) in [6.07, 6.45) is 6.31. The van der Waals surface area contributed by atoms with Crippen LogP contribution in [-0.2, 0) is 16.1 Å². The van der Waals surface area contributed by atoms with Gasteiger partial charge in [-0.3, -0.25) is 4.79 Å². The average molecular weight is 538 g/mol. The molecule has 212 valence electrons. The molecule has 4 rings (SSSR count). The van der Waals surface area contributed by atoms with Gasteiger partial charge in [-0.2, -0.15) is 0 Å². The zero-order valence-electron chi connectivity index (χ0n) is 24.1. The van der Waals surface area contributed by atoms with E-state index in [1.807, 2.05) is 37.3 Å². The zero-order valence-corrected chi connectivity index (χ0v) is 24.1. The summed E-state index contributed by atoms with van der Waals surface area (Å²) in [6, 6.07) is 7.86. The molecule has 8 nitrogen and oxygen atoms in total. The van der Waals surface area contributed by atoms with E-state index in [-0.39, 0.29) is 23.8 Å². The molecule has 39 heavy (non-hydrogen) atoms. The molecule has 2 N–H and O–H groups in total. The fraction of sp³-hybridized carbons (Fsp3) is 0.581. The maximum absolute atomic E-state index is 14.3. The first-order valence-electron chi connectivity index (χ1n) is 14.0. The van der Waals surface area contributed by atoms with Crippen LogP contribution >= 0.6 is 0 Å². The van der Waals surface area contributed by atoms with E-state index in [9.17, 15) is 14.7 Å². The van der Waals surface area contributed by atoms with E-state index in [2.05, 4.69) is 31.1 Å². The molecule has 2 fully saturated rings. The topological polar surface area (TPSA) is 101 Å². The molecule has 0 bridgehead atoms. The lowest BCUT2D eigenvalue weighted by atomic mass is 9.72. The summed E-state index contributed by atoms with van der Waals surface area (Å²) >= 11 is 0. The SMILES string of the molecule is COc1cc(C)ccc1CN[C@H]1[C@H](C(C)(C)C)[C@@H](C(=O)O)N(C(=O)C2CCCCC2)[C@H]1c1cccnc1OC. The highest BCUT2D eigenvalue weighted by Gasteiger charge is 2.59. The van der Waals surface area contributed by atoms with Crippen LogP contribution in [0.3, 0.4) is 0 Å². The number of nitrogens with zero attached hydrogens (tertiary/aromatic N) is 2. The van der Waals surface area contributed by atoms with E-state index < -0.39 is 23.5 Å². The Kier molecular flexibility index (Phi) is 8.84. The number of aromatic nitrogens is 1. The fourth-order valence-electron chi connectivity index (χ4n) is 6.64. The summed E-state index contributed by atoms with van der Waals surface area (Å²) in [7, 11) is 3.21. The normalized spacial score (nSPS) is 24.0. The van der Waals surface area contributed by atoms with Crippen LogP contribution in [0.25, 0.3) is 0 Å². The highest BCUT2D eigenvalue weighted by atomic mass is 16.5. The number of carboxylic acid groups (broad SMARTS) is 1. The van der Waals surface area contributed by atoms with Crippen molar-refractivity contribution in [1.29, 1.82) is 0 Å². The fourth-order valence-corrected chi connectivity index (χ4v) is 6.64.